The van der Waals surface area contributed by atoms with Crippen LogP contribution in [0.3, 0.4) is 0 Å². The summed E-state index contributed by atoms with van der Waals surface area (Å²) in [5.74, 6) is -1.35. The van der Waals surface area contributed by atoms with E-state index in [1.807, 2.05) is 6.07 Å². The average Bonchev–Trinajstić information content (AvgIpc) is 3.01. The average molecular weight is 457 g/mol. The number of hydrogen-bond donors (Lipinski definition) is 2. The van der Waals surface area contributed by atoms with E-state index in [4.69, 9.17) is 11.6 Å². The maximum atomic E-state index is 13.0. The van der Waals surface area contributed by atoms with Crippen LogP contribution in [0.5, 0.6) is 0 Å². The minimum atomic E-state index is -1.24. The number of amides is 5. The Morgan fingerprint density at radius 2 is 1.75 bits per heavy atom. The summed E-state index contributed by atoms with van der Waals surface area (Å²) >= 11 is 5.85. The first-order chi connectivity index (χ1) is 15.2. The van der Waals surface area contributed by atoms with Crippen molar-refractivity contribution in [1.29, 1.82) is 0 Å². The molecular formula is C23H25ClN4O4. The largest absolute Gasteiger partial charge is 0.350 e. The molecule has 1 saturated heterocycles. The Morgan fingerprint density at radius 1 is 1.09 bits per heavy atom. The van der Waals surface area contributed by atoms with Crippen LogP contribution < -0.4 is 10.6 Å². The Balaban J connectivity index is 1.59. The molecule has 5 amide bonds. The van der Waals surface area contributed by atoms with Gasteiger partial charge in [0, 0.05) is 18.1 Å². The Morgan fingerprint density at radius 3 is 2.38 bits per heavy atom. The normalized spacial score (nSPS) is 17.8. The minimum Gasteiger partial charge on any atom is -0.350 e. The van der Waals surface area contributed by atoms with Gasteiger partial charge in [-0.25, -0.2) is 4.79 Å². The highest BCUT2D eigenvalue weighted by Gasteiger charge is 2.49. The van der Waals surface area contributed by atoms with Crippen molar-refractivity contribution >= 4 is 35.4 Å². The second kappa shape index (κ2) is 9.82. The topological polar surface area (TPSA) is 98.8 Å². The fraction of sp³-hybridized carbons (Fsp3) is 0.304. The third-order valence-electron chi connectivity index (χ3n) is 5.39. The summed E-state index contributed by atoms with van der Waals surface area (Å²) in [7, 11) is 0. The quantitative estimate of drug-likeness (QED) is 0.595. The molecule has 2 aromatic carbocycles. The van der Waals surface area contributed by atoms with Crippen molar-refractivity contribution < 1.29 is 19.2 Å². The van der Waals surface area contributed by atoms with Crippen LogP contribution in [0.25, 0.3) is 0 Å². The molecule has 1 atom stereocenters. The van der Waals surface area contributed by atoms with Gasteiger partial charge in [0.25, 0.3) is 5.91 Å². The van der Waals surface area contributed by atoms with Crippen molar-refractivity contribution in [3.05, 3.63) is 70.7 Å². The Hall–Kier alpha value is -3.39. The molecule has 0 radical (unpaired) electrons. The van der Waals surface area contributed by atoms with Gasteiger partial charge in [-0.1, -0.05) is 54.1 Å². The van der Waals surface area contributed by atoms with E-state index in [1.54, 1.807) is 62.4 Å². The smallest absolute Gasteiger partial charge is 0.325 e. The summed E-state index contributed by atoms with van der Waals surface area (Å²) in [5.41, 5.74) is 0.255. The molecule has 0 aliphatic carbocycles. The third kappa shape index (κ3) is 5.08. The number of nitrogens with zero attached hydrogens (tertiary/aromatic N) is 2. The first-order valence-electron chi connectivity index (χ1n) is 10.2. The van der Waals surface area contributed by atoms with Crippen LogP contribution in [0, 0.1) is 0 Å². The van der Waals surface area contributed by atoms with Crippen molar-refractivity contribution in [2.45, 2.75) is 25.9 Å². The molecule has 32 heavy (non-hydrogen) atoms. The van der Waals surface area contributed by atoms with Gasteiger partial charge in [0.15, 0.2) is 0 Å². The molecule has 0 bridgehead atoms. The molecule has 1 fully saturated rings. The monoisotopic (exact) mass is 456 g/mol. The zero-order chi connectivity index (χ0) is 23.3. The summed E-state index contributed by atoms with van der Waals surface area (Å²) < 4.78 is 0. The van der Waals surface area contributed by atoms with Crippen molar-refractivity contribution in [3.8, 4) is 0 Å². The van der Waals surface area contributed by atoms with Gasteiger partial charge in [0.2, 0.25) is 11.8 Å². The SMILES string of the molecule is CCN(CC(=O)NCc1ccc(Cl)cc1)C(=O)CN1C(=O)NC(C)(c2ccccc2)C1=O. The molecule has 2 aromatic rings. The van der Waals surface area contributed by atoms with Crippen molar-refractivity contribution in [3.63, 3.8) is 0 Å². The van der Waals surface area contributed by atoms with Gasteiger partial charge >= 0.3 is 6.03 Å². The molecule has 0 spiro atoms. The first-order valence-corrected chi connectivity index (χ1v) is 10.6. The van der Waals surface area contributed by atoms with E-state index in [0.717, 1.165) is 10.5 Å². The van der Waals surface area contributed by atoms with Gasteiger partial charge in [-0.05, 0) is 37.1 Å². The Bertz CT molecular complexity index is 1010. The molecule has 8 nitrogen and oxygen atoms in total. The van der Waals surface area contributed by atoms with Crippen LogP contribution in [0.1, 0.15) is 25.0 Å². The van der Waals surface area contributed by atoms with Gasteiger partial charge < -0.3 is 15.5 Å². The lowest BCUT2D eigenvalue weighted by Crippen LogP contribution is -2.47. The zero-order valence-electron chi connectivity index (χ0n) is 17.9. The molecule has 0 aromatic heterocycles. The van der Waals surface area contributed by atoms with Gasteiger partial charge in [-0.15, -0.1) is 0 Å². The fourth-order valence-electron chi connectivity index (χ4n) is 3.45. The molecular weight excluding hydrogens is 432 g/mol. The molecule has 2 N–H and O–H groups in total. The van der Waals surface area contributed by atoms with Crippen LogP contribution >= 0.6 is 11.6 Å². The van der Waals surface area contributed by atoms with E-state index in [1.165, 1.54) is 4.90 Å². The highest BCUT2D eigenvalue weighted by atomic mass is 35.5. The number of urea groups is 1. The number of halogens is 1. The minimum absolute atomic E-state index is 0.178. The van der Waals surface area contributed by atoms with E-state index < -0.39 is 29.9 Å². The van der Waals surface area contributed by atoms with Gasteiger partial charge in [-0.3, -0.25) is 19.3 Å². The van der Waals surface area contributed by atoms with E-state index in [2.05, 4.69) is 10.6 Å². The number of nitrogens with one attached hydrogen (secondary N) is 2. The zero-order valence-corrected chi connectivity index (χ0v) is 18.7. The molecule has 1 unspecified atom stereocenters. The van der Waals surface area contributed by atoms with Crippen LogP contribution in [-0.4, -0.2) is 53.2 Å². The number of likely N-dealkylation sites (N-methyl/N-ethyl adjacent to an activating group) is 1. The van der Waals surface area contributed by atoms with Crippen molar-refractivity contribution in [1.82, 2.24) is 20.4 Å². The molecule has 1 aliphatic heterocycles. The third-order valence-corrected chi connectivity index (χ3v) is 5.64. The van der Waals surface area contributed by atoms with Crippen LogP contribution in [0.2, 0.25) is 5.02 Å². The summed E-state index contributed by atoms with van der Waals surface area (Å²) in [6.07, 6.45) is 0. The van der Waals surface area contributed by atoms with E-state index in [0.29, 0.717) is 17.1 Å². The lowest BCUT2D eigenvalue weighted by molar-refractivity contribution is -0.140. The number of imide groups is 1. The summed E-state index contributed by atoms with van der Waals surface area (Å²) in [4.78, 5) is 52.7. The molecule has 1 aliphatic rings. The molecule has 1 heterocycles. The first kappa shape index (κ1) is 23.3. The predicted octanol–water partition coefficient (Wildman–Crippen LogP) is 2.27. The van der Waals surface area contributed by atoms with Crippen LogP contribution in [0.4, 0.5) is 4.79 Å². The van der Waals surface area contributed by atoms with Crippen LogP contribution in [-0.2, 0) is 26.5 Å². The Labute approximate surface area is 191 Å². The molecule has 9 heteroatoms. The molecule has 168 valence electrons. The highest BCUT2D eigenvalue weighted by molar-refractivity contribution is 6.30. The van der Waals surface area contributed by atoms with E-state index >= 15 is 0 Å². The maximum Gasteiger partial charge on any atom is 0.325 e. The predicted molar refractivity (Wildman–Crippen MR) is 120 cm³/mol. The number of benzene rings is 2. The standard InChI is InChI=1S/C23H25ClN4O4/c1-3-27(14-19(29)25-13-16-9-11-18(24)12-10-16)20(30)15-28-21(31)23(2,26-22(28)32)17-7-5-4-6-8-17/h4-12H,3,13-15H2,1-2H3,(H,25,29)(H,26,32). The fourth-order valence-corrected chi connectivity index (χ4v) is 3.58. The summed E-state index contributed by atoms with van der Waals surface area (Å²) in [6, 6.07) is 15.3. The van der Waals surface area contributed by atoms with Crippen molar-refractivity contribution in [2.24, 2.45) is 0 Å². The Kier molecular flexibility index (Phi) is 7.15. The highest BCUT2D eigenvalue weighted by Crippen LogP contribution is 2.28. The lowest BCUT2D eigenvalue weighted by atomic mass is 9.92. The van der Waals surface area contributed by atoms with E-state index in [9.17, 15) is 19.2 Å². The maximum absolute atomic E-state index is 13.0. The molecule has 0 saturated carbocycles. The number of rotatable bonds is 8. The van der Waals surface area contributed by atoms with Gasteiger partial charge in [0.1, 0.15) is 12.1 Å². The summed E-state index contributed by atoms with van der Waals surface area (Å²) in [6.45, 7) is 3.27. The number of carbonyl (C=O) groups is 4. The second-order valence-electron chi connectivity index (χ2n) is 7.62. The van der Waals surface area contributed by atoms with Gasteiger partial charge in [-0.2, -0.15) is 0 Å². The lowest BCUT2D eigenvalue weighted by Gasteiger charge is -2.24. The number of carbonyl (C=O) groups excluding carboxylic acids is 4. The van der Waals surface area contributed by atoms with Gasteiger partial charge in [0.05, 0.1) is 6.54 Å². The van der Waals surface area contributed by atoms with Crippen molar-refractivity contribution in [2.75, 3.05) is 19.6 Å². The second-order valence-corrected chi connectivity index (χ2v) is 8.06. The number of hydrogen-bond acceptors (Lipinski definition) is 4. The van der Waals surface area contributed by atoms with E-state index in [-0.39, 0.29) is 19.0 Å². The van der Waals surface area contributed by atoms with Crippen LogP contribution in [0.15, 0.2) is 54.6 Å². The summed E-state index contributed by atoms with van der Waals surface area (Å²) in [5, 5.41) is 6.02. The molecule has 3 rings (SSSR count).